The Hall–Kier alpha value is -0.780. The molecule has 0 heterocycles. The van der Waals surface area contributed by atoms with Gasteiger partial charge in [0.15, 0.2) is 0 Å². The van der Waals surface area contributed by atoms with Crippen LogP contribution in [0.3, 0.4) is 0 Å². The van der Waals surface area contributed by atoms with Gasteiger partial charge in [0.1, 0.15) is 5.75 Å². The third-order valence-corrected chi connectivity index (χ3v) is 4.14. The molecule has 1 fully saturated rings. The zero-order chi connectivity index (χ0) is 14.4. The molecular formula is C15H22BrNO3. The summed E-state index contributed by atoms with van der Waals surface area (Å²) in [5, 5.41) is 13.1. The van der Waals surface area contributed by atoms with Crippen LogP contribution in [0.25, 0.3) is 0 Å². The highest BCUT2D eigenvalue weighted by Crippen LogP contribution is 2.27. The van der Waals surface area contributed by atoms with Crippen LogP contribution >= 0.6 is 15.9 Å². The van der Waals surface area contributed by atoms with Crippen LogP contribution in [0.2, 0.25) is 0 Å². The van der Waals surface area contributed by atoms with Gasteiger partial charge in [-0.3, -0.25) is 0 Å². The fourth-order valence-corrected chi connectivity index (χ4v) is 2.91. The number of rotatable bonds is 7. The van der Waals surface area contributed by atoms with Crippen LogP contribution in [0.4, 0.5) is 5.69 Å². The van der Waals surface area contributed by atoms with Gasteiger partial charge in [-0.05, 0) is 47.0 Å². The van der Waals surface area contributed by atoms with E-state index in [2.05, 4.69) is 21.2 Å². The largest absolute Gasteiger partial charge is 0.496 e. The number of nitrogens with one attached hydrogen (secondary N) is 1. The highest BCUT2D eigenvalue weighted by Gasteiger charge is 2.16. The van der Waals surface area contributed by atoms with Gasteiger partial charge in [-0.1, -0.05) is 12.8 Å². The van der Waals surface area contributed by atoms with Crippen LogP contribution in [-0.4, -0.2) is 37.6 Å². The number of halogens is 1. The number of aliphatic hydroxyl groups is 1. The predicted octanol–water partition coefficient (Wildman–Crippen LogP) is 3.19. The molecular weight excluding hydrogens is 322 g/mol. The molecule has 0 bridgehead atoms. The zero-order valence-electron chi connectivity index (χ0n) is 11.8. The summed E-state index contributed by atoms with van der Waals surface area (Å²) >= 11 is 3.44. The fourth-order valence-electron chi connectivity index (χ4n) is 2.37. The average molecular weight is 344 g/mol. The molecule has 1 unspecified atom stereocenters. The Labute approximate surface area is 128 Å². The first-order chi connectivity index (χ1) is 9.69. The molecule has 1 aliphatic carbocycles. The lowest BCUT2D eigenvalue weighted by Gasteiger charge is -2.17. The van der Waals surface area contributed by atoms with Crippen molar-refractivity contribution in [3.63, 3.8) is 0 Å². The van der Waals surface area contributed by atoms with E-state index in [-0.39, 0.29) is 0 Å². The quantitative estimate of drug-likeness (QED) is 0.798. The Bertz CT molecular complexity index is 422. The van der Waals surface area contributed by atoms with Crippen molar-refractivity contribution < 1.29 is 14.6 Å². The molecule has 2 N–H and O–H groups in total. The van der Waals surface area contributed by atoms with Crippen LogP contribution in [0.1, 0.15) is 25.7 Å². The maximum Gasteiger partial charge on any atom is 0.133 e. The molecule has 0 amide bonds. The molecule has 2 rings (SSSR count). The normalized spacial score (nSPS) is 17.1. The number of hydrogen-bond acceptors (Lipinski definition) is 4. The van der Waals surface area contributed by atoms with E-state index in [9.17, 15) is 5.11 Å². The molecule has 0 radical (unpaired) electrons. The molecule has 0 spiro atoms. The number of benzene rings is 1. The van der Waals surface area contributed by atoms with Crippen LogP contribution in [0.15, 0.2) is 22.7 Å². The van der Waals surface area contributed by atoms with E-state index in [4.69, 9.17) is 9.47 Å². The lowest BCUT2D eigenvalue weighted by atomic mass is 10.2. The van der Waals surface area contributed by atoms with Gasteiger partial charge in [-0.2, -0.15) is 0 Å². The van der Waals surface area contributed by atoms with Gasteiger partial charge in [-0.25, -0.2) is 0 Å². The second-order valence-corrected chi connectivity index (χ2v) is 5.98. The summed E-state index contributed by atoms with van der Waals surface area (Å²) in [6.07, 6.45) is 4.62. The molecule has 0 saturated heterocycles. The minimum Gasteiger partial charge on any atom is -0.496 e. The maximum atomic E-state index is 9.92. The molecule has 1 aromatic rings. The number of methoxy groups -OCH3 is 1. The minimum atomic E-state index is -0.489. The van der Waals surface area contributed by atoms with Gasteiger partial charge in [0.2, 0.25) is 0 Å². The highest BCUT2D eigenvalue weighted by atomic mass is 79.9. The molecule has 1 atom stereocenters. The first-order valence-corrected chi connectivity index (χ1v) is 7.85. The topological polar surface area (TPSA) is 50.7 Å². The molecule has 20 heavy (non-hydrogen) atoms. The SMILES string of the molecule is COc1ccc(NCC(O)COC2CCCC2)cc1Br. The Morgan fingerprint density at radius 1 is 1.40 bits per heavy atom. The molecule has 4 nitrogen and oxygen atoms in total. The molecule has 0 aliphatic heterocycles. The summed E-state index contributed by atoms with van der Waals surface area (Å²) in [4.78, 5) is 0. The average Bonchev–Trinajstić information content (AvgIpc) is 2.96. The van der Waals surface area contributed by atoms with Crippen molar-refractivity contribution in [2.75, 3.05) is 25.6 Å². The summed E-state index contributed by atoms with van der Waals surface area (Å²) in [6, 6.07) is 5.74. The Kier molecular flexibility index (Phi) is 6.13. The molecule has 112 valence electrons. The maximum absolute atomic E-state index is 9.92. The van der Waals surface area contributed by atoms with Gasteiger partial charge in [0.25, 0.3) is 0 Å². The summed E-state index contributed by atoms with van der Waals surface area (Å²) in [7, 11) is 1.64. The summed E-state index contributed by atoms with van der Waals surface area (Å²) in [5.74, 6) is 0.792. The second-order valence-electron chi connectivity index (χ2n) is 5.12. The third kappa shape index (κ3) is 4.65. The summed E-state index contributed by atoms with van der Waals surface area (Å²) < 4.78 is 11.8. The van der Waals surface area contributed by atoms with Crippen molar-refractivity contribution in [3.05, 3.63) is 22.7 Å². The summed E-state index contributed by atoms with van der Waals surface area (Å²) in [5.41, 5.74) is 0.942. The van der Waals surface area contributed by atoms with Crippen molar-refractivity contribution in [2.24, 2.45) is 0 Å². The van der Waals surface area contributed by atoms with E-state index < -0.39 is 6.10 Å². The first-order valence-electron chi connectivity index (χ1n) is 7.06. The van der Waals surface area contributed by atoms with Crippen molar-refractivity contribution in [1.82, 2.24) is 0 Å². The smallest absolute Gasteiger partial charge is 0.133 e. The van der Waals surface area contributed by atoms with E-state index in [1.165, 1.54) is 12.8 Å². The van der Waals surface area contributed by atoms with Crippen LogP contribution in [-0.2, 0) is 4.74 Å². The van der Waals surface area contributed by atoms with Gasteiger partial charge >= 0.3 is 0 Å². The van der Waals surface area contributed by atoms with Gasteiger partial charge in [0, 0.05) is 12.2 Å². The third-order valence-electron chi connectivity index (χ3n) is 3.52. The lowest BCUT2D eigenvalue weighted by molar-refractivity contribution is -0.00117. The highest BCUT2D eigenvalue weighted by molar-refractivity contribution is 9.10. The van der Waals surface area contributed by atoms with Crippen molar-refractivity contribution >= 4 is 21.6 Å². The first kappa shape index (κ1) is 15.6. The summed E-state index contributed by atoms with van der Waals surface area (Å²) in [6.45, 7) is 0.875. The van der Waals surface area contributed by atoms with Crippen LogP contribution < -0.4 is 10.1 Å². The van der Waals surface area contributed by atoms with Crippen LogP contribution in [0, 0.1) is 0 Å². The molecule has 0 aromatic heterocycles. The van der Waals surface area contributed by atoms with E-state index >= 15 is 0 Å². The molecule has 1 aliphatic rings. The molecule has 5 heteroatoms. The Balaban J connectivity index is 1.72. The van der Waals surface area contributed by atoms with Crippen LogP contribution in [0.5, 0.6) is 5.75 Å². The fraction of sp³-hybridized carbons (Fsp3) is 0.600. The van der Waals surface area contributed by atoms with Crippen molar-refractivity contribution in [3.8, 4) is 5.75 Å². The van der Waals surface area contributed by atoms with E-state index in [1.807, 2.05) is 18.2 Å². The number of aliphatic hydroxyl groups excluding tert-OH is 1. The number of anilines is 1. The van der Waals surface area contributed by atoms with Crippen molar-refractivity contribution in [1.29, 1.82) is 0 Å². The number of ether oxygens (including phenoxy) is 2. The standard InChI is InChI=1S/C15H22BrNO3/c1-19-15-7-6-11(8-14(15)16)17-9-12(18)10-20-13-4-2-3-5-13/h6-8,12-13,17-18H,2-5,9-10H2,1H3. The molecule has 1 aromatic carbocycles. The van der Waals surface area contributed by atoms with Gasteiger partial charge in [0.05, 0.1) is 30.4 Å². The van der Waals surface area contributed by atoms with E-state index in [1.54, 1.807) is 7.11 Å². The van der Waals surface area contributed by atoms with E-state index in [0.29, 0.717) is 19.3 Å². The Morgan fingerprint density at radius 3 is 2.80 bits per heavy atom. The monoisotopic (exact) mass is 343 g/mol. The number of hydrogen-bond donors (Lipinski definition) is 2. The van der Waals surface area contributed by atoms with Crippen molar-refractivity contribution in [2.45, 2.75) is 37.9 Å². The predicted molar refractivity (Wildman–Crippen MR) is 83.4 cm³/mol. The second kappa shape index (κ2) is 7.86. The van der Waals surface area contributed by atoms with Gasteiger partial charge < -0.3 is 19.9 Å². The Morgan fingerprint density at radius 2 is 2.15 bits per heavy atom. The van der Waals surface area contributed by atoms with Gasteiger partial charge in [-0.15, -0.1) is 0 Å². The van der Waals surface area contributed by atoms with E-state index in [0.717, 1.165) is 28.8 Å². The zero-order valence-corrected chi connectivity index (χ0v) is 13.4. The minimum absolute atomic E-state index is 0.347. The lowest BCUT2D eigenvalue weighted by Crippen LogP contribution is -2.27. The molecule has 1 saturated carbocycles.